The van der Waals surface area contributed by atoms with Gasteiger partial charge in [-0.3, -0.25) is 4.79 Å². The molecule has 0 saturated carbocycles. The molecule has 1 amide bonds. The Labute approximate surface area is 85.5 Å². The Morgan fingerprint density at radius 2 is 2.14 bits per heavy atom. The quantitative estimate of drug-likeness (QED) is 0.617. The maximum absolute atomic E-state index is 11.3. The lowest BCUT2D eigenvalue weighted by atomic mass is 10.1. The van der Waals surface area contributed by atoms with Gasteiger partial charge < -0.3 is 11.1 Å². The molecule has 0 fully saturated rings. The fraction of sp³-hybridized carbons (Fsp3) is 0.800. The highest BCUT2D eigenvalue weighted by Crippen LogP contribution is 1.98. The van der Waals surface area contributed by atoms with Crippen molar-refractivity contribution >= 4 is 5.91 Å². The lowest BCUT2D eigenvalue weighted by Gasteiger charge is -2.14. The molecule has 0 aliphatic carbocycles. The van der Waals surface area contributed by atoms with Crippen LogP contribution in [0.15, 0.2) is 0 Å². The third kappa shape index (κ3) is 5.55. The number of rotatable bonds is 6. The molecule has 14 heavy (non-hydrogen) atoms. The van der Waals surface area contributed by atoms with Crippen molar-refractivity contribution in [1.29, 1.82) is 5.26 Å². The van der Waals surface area contributed by atoms with E-state index in [0.717, 1.165) is 12.8 Å². The molecule has 0 spiro atoms. The minimum atomic E-state index is -0.425. The minimum Gasteiger partial charge on any atom is -0.355 e. The number of nitriles is 1. The number of nitrogens with one attached hydrogen (secondary N) is 1. The molecule has 3 N–H and O–H groups in total. The number of carbonyl (C=O) groups is 1. The Balaban J connectivity index is 3.50. The second-order valence-electron chi connectivity index (χ2n) is 3.68. The first-order chi connectivity index (χ1) is 6.59. The van der Waals surface area contributed by atoms with E-state index in [4.69, 9.17) is 11.0 Å². The van der Waals surface area contributed by atoms with Crippen molar-refractivity contribution < 1.29 is 4.79 Å². The number of unbranched alkanes of at least 4 members (excludes halogenated alkanes) is 2. The fourth-order valence-corrected chi connectivity index (χ4v) is 0.961. The van der Waals surface area contributed by atoms with E-state index in [1.165, 1.54) is 0 Å². The molecule has 0 bridgehead atoms. The minimum absolute atomic E-state index is 0.100. The number of hydrogen-bond donors (Lipinski definition) is 2. The molecule has 0 unspecified atom stereocenters. The number of amides is 1. The Morgan fingerprint density at radius 3 is 2.64 bits per heavy atom. The molecule has 0 saturated heterocycles. The van der Waals surface area contributed by atoms with Gasteiger partial charge in [0, 0.05) is 13.0 Å². The Hall–Kier alpha value is -1.08. The second kappa shape index (κ2) is 7.34. The zero-order valence-electron chi connectivity index (χ0n) is 8.92. The molecule has 0 radical (unpaired) electrons. The summed E-state index contributed by atoms with van der Waals surface area (Å²) in [6.07, 6.45) is 2.21. The smallest absolute Gasteiger partial charge is 0.237 e. The summed E-state index contributed by atoms with van der Waals surface area (Å²) >= 11 is 0. The molecule has 0 aliphatic rings. The van der Waals surface area contributed by atoms with Crippen LogP contribution in [-0.4, -0.2) is 18.5 Å². The lowest BCUT2D eigenvalue weighted by Crippen LogP contribution is -2.44. The van der Waals surface area contributed by atoms with Gasteiger partial charge in [0.25, 0.3) is 0 Å². The van der Waals surface area contributed by atoms with Gasteiger partial charge in [0.1, 0.15) is 0 Å². The van der Waals surface area contributed by atoms with Gasteiger partial charge in [-0.25, -0.2) is 0 Å². The Kier molecular flexibility index (Phi) is 6.77. The summed E-state index contributed by atoms with van der Waals surface area (Å²) in [6.45, 7) is 4.45. The monoisotopic (exact) mass is 197 g/mol. The van der Waals surface area contributed by atoms with Gasteiger partial charge in [0.2, 0.25) is 5.91 Å². The first-order valence-corrected chi connectivity index (χ1v) is 4.99. The van der Waals surface area contributed by atoms with Crippen LogP contribution in [0.25, 0.3) is 0 Å². The number of nitrogens with two attached hydrogens (primary N) is 1. The molecule has 0 aromatic rings. The van der Waals surface area contributed by atoms with Crippen molar-refractivity contribution in [3.63, 3.8) is 0 Å². The molecule has 0 aromatic carbocycles. The van der Waals surface area contributed by atoms with E-state index < -0.39 is 6.04 Å². The highest BCUT2D eigenvalue weighted by atomic mass is 16.2. The summed E-state index contributed by atoms with van der Waals surface area (Å²) < 4.78 is 0. The van der Waals surface area contributed by atoms with Gasteiger partial charge in [-0.05, 0) is 18.8 Å². The molecule has 0 heterocycles. The Bertz CT molecular complexity index is 208. The van der Waals surface area contributed by atoms with Crippen LogP contribution in [0, 0.1) is 17.2 Å². The van der Waals surface area contributed by atoms with Gasteiger partial charge >= 0.3 is 0 Å². The van der Waals surface area contributed by atoms with Crippen LogP contribution >= 0.6 is 0 Å². The zero-order valence-corrected chi connectivity index (χ0v) is 8.92. The SMILES string of the molecule is CC(C)[C@@H](N)C(=O)NCCCCC#N. The fourth-order valence-electron chi connectivity index (χ4n) is 0.961. The van der Waals surface area contributed by atoms with E-state index in [1.54, 1.807) is 0 Å². The predicted molar refractivity (Wildman–Crippen MR) is 55.3 cm³/mol. The third-order valence-electron chi connectivity index (χ3n) is 2.04. The van der Waals surface area contributed by atoms with Gasteiger partial charge in [-0.1, -0.05) is 13.8 Å². The number of nitrogens with zero attached hydrogens (tertiary/aromatic N) is 1. The van der Waals surface area contributed by atoms with Gasteiger partial charge in [0.15, 0.2) is 0 Å². The molecule has 80 valence electrons. The van der Waals surface area contributed by atoms with E-state index in [2.05, 4.69) is 11.4 Å². The van der Waals surface area contributed by atoms with Crippen LogP contribution in [0.5, 0.6) is 0 Å². The summed E-state index contributed by atoms with van der Waals surface area (Å²) in [7, 11) is 0. The van der Waals surface area contributed by atoms with E-state index in [9.17, 15) is 4.79 Å². The molecule has 0 aliphatic heterocycles. The van der Waals surface area contributed by atoms with Crippen molar-refractivity contribution in [1.82, 2.24) is 5.32 Å². The van der Waals surface area contributed by atoms with Gasteiger partial charge in [-0.15, -0.1) is 0 Å². The molecular weight excluding hydrogens is 178 g/mol. The standard InChI is InChI=1S/C10H19N3O/c1-8(2)9(12)10(14)13-7-5-3-4-6-11/h8-9H,3-5,7,12H2,1-2H3,(H,13,14)/t9-/m1/s1. The average Bonchev–Trinajstić information content (AvgIpc) is 2.16. The third-order valence-corrected chi connectivity index (χ3v) is 2.04. The second-order valence-corrected chi connectivity index (χ2v) is 3.68. The summed E-state index contributed by atoms with van der Waals surface area (Å²) in [5.41, 5.74) is 5.64. The van der Waals surface area contributed by atoms with Gasteiger partial charge in [0.05, 0.1) is 12.1 Å². The summed E-state index contributed by atoms with van der Waals surface area (Å²) in [5.74, 6) is 0.0612. The Morgan fingerprint density at radius 1 is 1.50 bits per heavy atom. The van der Waals surface area contributed by atoms with Crippen LogP contribution in [0.1, 0.15) is 33.1 Å². The number of hydrogen-bond acceptors (Lipinski definition) is 3. The molecular formula is C10H19N3O. The largest absolute Gasteiger partial charge is 0.355 e. The zero-order chi connectivity index (χ0) is 11.0. The van der Waals surface area contributed by atoms with Crippen LogP contribution in [0.2, 0.25) is 0 Å². The van der Waals surface area contributed by atoms with Crippen molar-refractivity contribution in [3.8, 4) is 6.07 Å². The number of carbonyl (C=O) groups excluding carboxylic acids is 1. The van der Waals surface area contributed by atoms with E-state index >= 15 is 0 Å². The first-order valence-electron chi connectivity index (χ1n) is 4.99. The molecule has 1 atom stereocenters. The van der Waals surface area contributed by atoms with Crippen molar-refractivity contribution in [2.24, 2.45) is 11.7 Å². The van der Waals surface area contributed by atoms with Crippen molar-refractivity contribution in [3.05, 3.63) is 0 Å². The summed E-state index contributed by atoms with van der Waals surface area (Å²) in [4.78, 5) is 11.3. The molecule has 0 aromatic heterocycles. The predicted octanol–water partition coefficient (Wildman–Crippen LogP) is 0.780. The van der Waals surface area contributed by atoms with Crippen LogP contribution in [0.3, 0.4) is 0 Å². The van der Waals surface area contributed by atoms with Crippen LogP contribution < -0.4 is 11.1 Å². The molecule has 0 rings (SSSR count). The highest BCUT2D eigenvalue weighted by Gasteiger charge is 2.15. The molecule has 4 heteroatoms. The van der Waals surface area contributed by atoms with Crippen LogP contribution in [0.4, 0.5) is 0 Å². The average molecular weight is 197 g/mol. The topological polar surface area (TPSA) is 78.9 Å². The van der Waals surface area contributed by atoms with Crippen molar-refractivity contribution in [2.45, 2.75) is 39.2 Å². The van der Waals surface area contributed by atoms with E-state index in [0.29, 0.717) is 13.0 Å². The maximum Gasteiger partial charge on any atom is 0.237 e. The first kappa shape index (κ1) is 12.9. The maximum atomic E-state index is 11.3. The van der Waals surface area contributed by atoms with Crippen LogP contribution in [-0.2, 0) is 4.79 Å². The highest BCUT2D eigenvalue weighted by molar-refractivity contribution is 5.81. The lowest BCUT2D eigenvalue weighted by molar-refractivity contribution is -0.123. The summed E-state index contributed by atoms with van der Waals surface area (Å²) in [6, 6.07) is 1.63. The molecule has 4 nitrogen and oxygen atoms in total. The summed E-state index contributed by atoms with van der Waals surface area (Å²) in [5, 5.41) is 11.0. The van der Waals surface area contributed by atoms with E-state index in [1.807, 2.05) is 13.8 Å². The van der Waals surface area contributed by atoms with E-state index in [-0.39, 0.29) is 11.8 Å². The van der Waals surface area contributed by atoms with Gasteiger partial charge in [-0.2, -0.15) is 5.26 Å². The van der Waals surface area contributed by atoms with Crippen molar-refractivity contribution in [2.75, 3.05) is 6.54 Å². The normalized spacial score (nSPS) is 12.2.